The number of hydrogen-bond donors (Lipinski definition) is 3. The first-order valence-corrected chi connectivity index (χ1v) is 12.1. The number of hydrogen-bond acceptors (Lipinski definition) is 6. The molecule has 34 heavy (non-hydrogen) atoms. The average Bonchev–Trinajstić information content (AvgIpc) is 3.12. The largest absolute Gasteiger partial charge is 0.394 e. The fourth-order valence-corrected chi connectivity index (χ4v) is 5.35. The molecule has 1 aromatic heterocycles. The SMILES string of the molecule is CC(C)(C)C[C@@H]1N[C@@H](C(=O)CCC[C@H](O)CO)[C@H](c2cccc(Cl)c2)[C@@]1(C#N)c1cccnc1. The van der Waals surface area contributed by atoms with Crippen LogP contribution < -0.4 is 5.32 Å². The number of pyridine rings is 1. The first kappa shape index (κ1) is 26.3. The van der Waals surface area contributed by atoms with Crippen molar-refractivity contribution in [1.82, 2.24) is 10.3 Å². The van der Waals surface area contributed by atoms with Crippen molar-refractivity contribution in [2.24, 2.45) is 5.41 Å². The molecule has 2 heterocycles. The van der Waals surface area contributed by atoms with Crippen molar-refractivity contribution in [2.45, 2.75) is 76.0 Å². The van der Waals surface area contributed by atoms with Gasteiger partial charge in [-0.25, -0.2) is 0 Å². The Labute approximate surface area is 207 Å². The number of nitrogens with zero attached hydrogens (tertiary/aromatic N) is 2. The third-order valence-corrected chi connectivity index (χ3v) is 6.86. The summed E-state index contributed by atoms with van der Waals surface area (Å²) in [5.74, 6) is -0.488. The van der Waals surface area contributed by atoms with Gasteiger partial charge in [-0.2, -0.15) is 5.26 Å². The Hall–Kier alpha value is -2.30. The van der Waals surface area contributed by atoms with Crippen molar-refractivity contribution in [3.05, 3.63) is 64.9 Å². The lowest BCUT2D eigenvalue weighted by Gasteiger charge is -2.37. The number of benzene rings is 1. The summed E-state index contributed by atoms with van der Waals surface area (Å²) in [5, 5.41) is 33.7. The molecule has 1 saturated heterocycles. The second-order valence-corrected chi connectivity index (χ2v) is 10.8. The number of rotatable bonds is 9. The molecule has 2 aromatic rings. The number of aliphatic hydroxyl groups is 2. The molecular formula is C27H34ClN3O3. The zero-order valence-electron chi connectivity index (χ0n) is 20.0. The summed E-state index contributed by atoms with van der Waals surface area (Å²) in [7, 11) is 0. The van der Waals surface area contributed by atoms with Gasteiger partial charge < -0.3 is 15.5 Å². The first-order valence-electron chi connectivity index (χ1n) is 11.8. The second kappa shape index (κ2) is 11.0. The topological polar surface area (TPSA) is 106 Å². The number of ketones is 1. The minimum atomic E-state index is -1.03. The average molecular weight is 484 g/mol. The van der Waals surface area contributed by atoms with Gasteiger partial charge in [0, 0.05) is 35.8 Å². The van der Waals surface area contributed by atoms with Crippen LogP contribution in [0.4, 0.5) is 0 Å². The lowest BCUT2D eigenvalue weighted by atomic mass is 9.63. The van der Waals surface area contributed by atoms with E-state index >= 15 is 0 Å². The molecule has 0 saturated carbocycles. The van der Waals surface area contributed by atoms with E-state index in [2.05, 4.69) is 37.1 Å². The van der Waals surface area contributed by atoms with Crippen LogP contribution in [-0.4, -0.2) is 45.8 Å². The fourth-order valence-electron chi connectivity index (χ4n) is 5.15. The third kappa shape index (κ3) is 5.67. The molecule has 0 amide bonds. The molecule has 1 aliphatic heterocycles. The summed E-state index contributed by atoms with van der Waals surface area (Å²) in [6.45, 7) is 6.05. The van der Waals surface area contributed by atoms with Crippen LogP contribution in [0.2, 0.25) is 5.02 Å². The molecular weight excluding hydrogens is 450 g/mol. The molecule has 0 radical (unpaired) electrons. The van der Waals surface area contributed by atoms with Gasteiger partial charge >= 0.3 is 0 Å². The van der Waals surface area contributed by atoms with Crippen molar-refractivity contribution in [3.8, 4) is 6.07 Å². The van der Waals surface area contributed by atoms with E-state index in [0.717, 1.165) is 11.1 Å². The van der Waals surface area contributed by atoms with Crippen LogP contribution in [0.1, 0.15) is 63.5 Å². The number of aliphatic hydroxyl groups excluding tert-OH is 2. The Morgan fingerprint density at radius 2 is 2.09 bits per heavy atom. The number of aromatic nitrogens is 1. The van der Waals surface area contributed by atoms with E-state index in [4.69, 9.17) is 16.7 Å². The maximum atomic E-state index is 13.6. The van der Waals surface area contributed by atoms with Gasteiger partial charge in [0.25, 0.3) is 0 Å². The molecule has 0 spiro atoms. The van der Waals surface area contributed by atoms with Crippen LogP contribution in [0.15, 0.2) is 48.8 Å². The fraction of sp³-hybridized carbons (Fsp3) is 0.519. The third-order valence-electron chi connectivity index (χ3n) is 6.62. The van der Waals surface area contributed by atoms with E-state index in [9.17, 15) is 15.2 Å². The van der Waals surface area contributed by atoms with Gasteiger partial charge in [-0.3, -0.25) is 9.78 Å². The van der Waals surface area contributed by atoms with E-state index < -0.39 is 23.5 Å². The Morgan fingerprint density at radius 1 is 1.32 bits per heavy atom. The molecule has 6 nitrogen and oxygen atoms in total. The predicted octanol–water partition coefficient (Wildman–Crippen LogP) is 4.15. The highest BCUT2D eigenvalue weighted by Crippen LogP contribution is 2.51. The summed E-state index contributed by atoms with van der Waals surface area (Å²) < 4.78 is 0. The van der Waals surface area contributed by atoms with Gasteiger partial charge in [0.1, 0.15) is 11.2 Å². The van der Waals surface area contributed by atoms with Crippen molar-refractivity contribution in [3.63, 3.8) is 0 Å². The van der Waals surface area contributed by atoms with Crippen LogP contribution in [0.5, 0.6) is 0 Å². The molecule has 3 N–H and O–H groups in total. The Kier molecular flexibility index (Phi) is 8.48. The van der Waals surface area contributed by atoms with E-state index in [-0.39, 0.29) is 30.3 Å². The molecule has 182 valence electrons. The Bertz CT molecular complexity index is 1020. The number of carbonyl (C=O) groups is 1. The van der Waals surface area contributed by atoms with Gasteiger partial charge in [0.15, 0.2) is 0 Å². The first-order chi connectivity index (χ1) is 16.1. The maximum absolute atomic E-state index is 13.6. The summed E-state index contributed by atoms with van der Waals surface area (Å²) in [5.41, 5.74) is 0.479. The van der Waals surface area contributed by atoms with E-state index in [1.807, 2.05) is 30.3 Å². The lowest BCUT2D eigenvalue weighted by molar-refractivity contribution is -0.121. The van der Waals surface area contributed by atoms with Gasteiger partial charge in [0.2, 0.25) is 0 Å². The normalized spacial score (nSPS) is 25.6. The summed E-state index contributed by atoms with van der Waals surface area (Å²) >= 11 is 6.36. The van der Waals surface area contributed by atoms with E-state index in [1.54, 1.807) is 18.5 Å². The maximum Gasteiger partial charge on any atom is 0.150 e. The van der Waals surface area contributed by atoms with Crippen molar-refractivity contribution in [1.29, 1.82) is 5.26 Å². The number of carbonyl (C=O) groups excluding carboxylic acids is 1. The molecule has 0 bridgehead atoms. The van der Waals surface area contributed by atoms with E-state index in [0.29, 0.717) is 24.3 Å². The zero-order valence-corrected chi connectivity index (χ0v) is 20.8. The summed E-state index contributed by atoms with van der Waals surface area (Å²) in [6, 6.07) is 12.9. The van der Waals surface area contributed by atoms with Gasteiger partial charge in [-0.1, -0.05) is 50.6 Å². The van der Waals surface area contributed by atoms with E-state index in [1.165, 1.54) is 0 Å². The number of halogens is 1. The summed E-state index contributed by atoms with van der Waals surface area (Å²) in [4.78, 5) is 17.9. The van der Waals surface area contributed by atoms with Crippen LogP contribution in [0.3, 0.4) is 0 Å². The number of Topliss-reactive ketones (excluding diaryl/α,β-unsaturated/α-hetero) is 1. The molecule has 3 rings (SSSR count). The van der Waals surface area contributed by atoms with Crippen molar-refractivity contribution in [2.75, 3.05) is 6.61 Å². The smallest absolute Gasteiger partial charge is 0.150 e. The molecule has 5 atom stereocenters. The Morgan fingerprint density at radius 3 is 2.68 bits per heavy atom. The zero-order chi connectivity index (χ0) is 24.9. The Balaban J connectivity index is 2.12. The number of nitriles is 1. The monoisotopic (exact) mass is 483 g/mol. The van der Waals surface area contributed by atoms with Gasteiger partial charge in [-0.05, 0) is 54.0 Å². The lowest BCUT2D eigenvalue weighted by Crippen LogP contribution is -2.44. The van der Waals surface area contributed by atoms with Crippen LogP contribution in [0, 0.1) is 16.7 Å². The highest BCUT2D eigenvalue weighted by molar-refractivity contribution is 6.30. The van der Waals surface area contributed by atoms with Crippen molar-refractivity contribution < 1.29 is 15.0 Å². The minimum absolute atomic E-state index is 0.0185. The van der Waals surface area contributed by atoms with Gasteiger partial charge in [0.05, 0.1) is 24.8 Å². The molecule has 1 fully saturated rings. The predicted molar refractivity (Wildman–Crippen MR) is 132 cm³/mol. The van der Waals surface area contributed by atoms with Crippen LogP contribution >= 0.6 is 11.6 Å². The molecule has 7 heteroatoms. The van der Waals surface area contributed by atoms with Crippen LogP contribution in [0.25, 0.3) is 0 Å². The standard InChI is InChI=1S/C27H34ClN3O3/c1-26(2,3)14-23-27(17-29,19-8-6-12-30-15-19)24(18-7-4-9-20(28)13-18)25(31-23)22(34)11-5-10-21(33)16-32/h4,6-9,12-13,15,21,23-25,31-33H,5,10-11,14,16H2,1-3H3/t21-,23-,24-,25-,27-/m0/s1. The molecule has 1 aliphatic rings. The minimum Gasteiger partial charge on any atom is -0.394 e. The second-order valence-electron chi connectivity index (χ2n) is 10.4. The molecule has 1 aromatic carbocycles. The molecule has 0 aliphatic carbocycles. The summed E-state index contributed by atoms with van der Waals surface area (Å²) in [6.07, 6.45) is 4.28. The quantitative estimate of drug-likeness (QED) is 0.494. The van der Waals surface area contributed by atoms with Gasteiger partial charge in [-0.15, -0.1) is 0 Å². The molecule has 0 unspecified atom stereocenters. The van der Waals surface area contributed by atoms with Crippen molar-refractivity contribution >= 4 is 17.4 Å². The highest BCUT2D eigenvalue weighted by atomic mass is 35.5. The highest BCUT2D eigenvalue weighted by Gasteiger charge is 2.59. The van der Waals surface area contributed by atoms with Crippen LogP contribution in [-0.2, 0) is 10.2 Å². The number of nitrogens with one attached hydrogen (secondary N) is 1.